The zero-order valence-corrected chi connectivity index (χ0v) is 16.6. The molecule has 0 bridgehead atoms. The second kappa shape index (κ2) is 8.37. The quantitative estimate of drug-likeness (QED) is 0.550. The van der Waals surface area contributed by atoms with E-state index in [9.17, 15) is 9.59 Å². The maximum atomic E-state index is 12.3. The SMILES string of the molecule is CC(=O)c1ccc(NC(=O)c2ccn(COc3ccc(Br)cc3Cl)n2)cc1. The number of halogens is 2. The fourth-order valence-corrected chi connectivity index (χ4v) is 2.99. The number of ether oxygens (including phenoxy) is 1. The standard InChI is InChI=1S/C19H15BrClN3O3/c1-12(25)13-2-5-15(6-3-13)22-19(26)17-8-9-24(23-17)11-27-18-7-4-14(20)10-16(18)21/h2-10H,11H2,1H3,(H,22,26). The lowest BCUT2D eigenvalue weighted by molar-refractivity contribution is 0.101. The molecule has 0 fully saturated rings. The van der Waals surface area contributed by atoms with Crippen molar-refractivity contribution in [1.82, 2.24) is 9.78 Å². The van der Waals surface area contributed by atoms with Crippen molar-refractivity contribution in [2.75, 3.05) is 5.32 Å². The first kappa shape index (κ1) is 19.1. The summed E-state index contributed by atoms with van der Waals surface area (Å²) in [5, 5.41) is 7.40. The largest absolute Gasteiger partial charge is 0.470 e. The molecule has 0 unspecified atom stereocenters. The van der Waals surface area contributed by atoms with Gasteiger partial charge in [0, 0.05) is 21.9 Å². The van der Waals surface area contributed by atoms with Gasteiger partial charge in [-0.1, -0.05) is 27.5 Å². The summed E-state index contributed by atoms with van der Waals surface area (Å²) in [5.74, 6) is 0.135. The Morgan fingerprint density at radius 2 is 1.93 bits per heavy atom. The number of hydrogen-bond acceptors (Lipinski definition) is 4. The molecule has 0 aliphatic rings. The third kappa shape index (κ3) is 4.96. The van der Waals surface area contributed by atoms with Gasteiger partial charge in [-0.2, -0.15) is 5.10 Å². The fourth-order valence-electron chi connectivity index (χ4n) is 2.27. The second-order valence-electron chi connectivity index (χ2n) is 5.68. The number of nitrogens with zero attached hydrogens (tertiary/aromatic N) is 2. The van der Waals surface area contributed by atoms with Crippen molar-refractivity contribution in [2.45, 2.75) is 13.7 Å². The minimum absolute atomic E-state index is 0.0301. The number of anilines is 1. The van der Waals surface area contributed by atoms with Crippen LogP contribution in [0.25, 0.3) is 0 Å². The molecular weight excluding hydrogens is 434 g/mol. The van der Waals surface area contributed by atoms with E-state index in [1.54, 1.807) is 48.7 Å². The van der Waals surface area contributed by atoms with Crippen LogP contribution in [0.4, 0.5) is 5.69 Å². The van der Waals surface area contributed by atoms with Crippen molar-refractivity contribution >= 4 is 44.9 Å². The van der Waals surface area contributed by atoms with E-state index in [-0.39, 0.29) is 24.1 Å². The Hall–Kier alpha value is -2.64. The van der Waals surface area contributed by atoms with E-state index < -0.39 is 0 Å². The number of aromatic nitrogens is 2. The molecule has 1 N–H and O–H groups in total. The monoisotopic (exact) mass is 447 g/mol. The lowest BCUT2D eigenvalue weighted by Gasteiger charge is -2.08. The summed E-state index contributed by atoms with van der Waals surface area (Å²) in [6.45, 7) is 1.60. The first-order valence-corrected chi connectivity index (χ1v) is 9.13. The molecule has 3 aromatic rings. The highest BCUT2D eigenvalue weighted by Crippen LogP contribution is 2.27. The molecule has 1 aromatic heterocycles. The van der Waals surface area contributed by atoms with Crippen LogP contribution in [0.3, 0.4) is 0 Å². The molecule has 3 rings (SSSR count). The summed E-state index contributed by atoms with van der Waals surface area (Å²) in [7, 11) is 0. The molecule has 0 saturated carbocycles. The van der Waals surface area contributed by atoms with Crippen LogP contribution in [-0.2, 0) is 6.73 Å². The Bertz CT molecular complexity index is 986. The molecule has 27 heavy (non-hydrogen) atoms. The summed E-state index contributed by atoms with van der Waals surface area (Å²) in [6, 6.07) is 13.5. The van der Waals surface area contributed by atoms with Crippen molar-refractivity contribution in [3.8, 4) is 5.75 Å². The van der Waals surface area contributed by atoms with Crippen molar-refractivity contribution in [3.63, 3.8) is 0 Å². The molecule has 1 amide bonds. The van der Waals surface area contributed by atoms with E-state index in [1.807, 2.05) is 6.07 Å². The van der Waals surface area contributed by atoms with E-state index in [2.05, 4.69) is 26.3 Å². The Labute approximate surface area is 169 Å². The van der Waals surface area contributed by atoms with E-state index in [0.29, 0.717) is 22.0 Å². The number of hydrogen-bond donors (Lipinski definition) is 1. The summed E-state index contributed by atoms with van der Waals surface area (Å²) >= 11 is 9.43. The van der Waals surface area contributed by atoms with Crippen LogP contribution in [0.15, 0.2) is 59.2 Å². The van der Waals surface area contributed by atoms with Gasteiger partial charge in [0.1, 0.15) is 5.75 Å². The average Bonchev–Trinajstić information content (AvgIpc) is 3.10. The Kier molecular flexibility index (Phi) is 5.93. The minimum atomic E-state index is -0.356. The molecule has 0 aliphatic carbocycles. The summed E-state index contributed by atoms with van der Waals surface area (Å²) in [4.78, 5) is 23.6. The molecule has 8 heteroatoms. The molecule has 0 radical (unpaired) electrons. The second-order valence-corrected chi connectivity index (χ2v) is 7.00. The number of nitrogens with one attached hydrogen (secondary N) is 1. The zero-order chi connectivity index (χ0) is 19.4. The molecule has 0 aliphatic heterocycles. The third-order valence-electron chi connectivity index (χ3n) is 3.67. The number of ketones is 1. The number of Topliss-reactive ketones (excluding diaryl/α,β-unsaturated/α-hetero) is 1. The molecule has 0 atom stereocenters. The Balaban J connectivity index is 1.61. The van der Waals surface area contributed by atoms with Crippen LogP contribution in [-0.4, -0.2) is 21.5 Å². The number of rotatable bonds is 6. The highest BCUT2D eigenvalue weighted by Gasteiger charge is 2.11. The molecule has 0 saturated heterocycles. The van der Waals surface area contributed by atoms with Gasteiger partial charge in [-0.15, -0.1) is 0 Å². The summed E-state index contributed by atoms with van der Waals surface area (Å²) in [5.41, 5.74) is 1.41. The van der Waals surface area contributed by atoms with E-state index >= 15 is 0 Å². The zero-order valence-electron chi connectivity index (χ0n) is 14.3. The van der Waals surface area contributed by atoms with Crippen LogP contribution in [0.2, 0.25) is 5.02 Å². The normalized spacial score (nSPS) is 10.5. The van der Waals surface area contributed by atoms with Crippen LogP contribution in [0.5, 0.6) is 5.75 Å². The van der Waals surface area contributed by atoms with E-state index in [1.165, 1.54) is 11.6 Å². The summed E-state index contributed by atoms with van der Waals surface area (Å²) < 4.78 is 7.96. The van der Waals surface area contributed by atoms with Crippen LogP contribution < -0.4 is 10.1 Å². The van der Waals surface area contributed by atoms with Gasteiger partial charge in [0.15, 0.2) is 18.2 Å². The van der Waals surface area contributed by atoms with Gasteiger partial charge in [-0.3, -0.25) is 9.59 Å². The third-order valence-corrected chi connectivity index (χ3v) is 4.46. The number of carbonyl (C=O) groups is 2. The van der Waals surface area contributed by atoms with Gasteiger partial charge in [0.2, 0.25) is 0 Å². The first-order chi connectivity index (χ1) is 12.9. The topological polar surface area (TPSA) is 73.2 Å². The highest BCUT2D eigenvalue weighted by molar-refractivity contribution is 9.10. The lowest BCUT2D eigenvalue weighted by atomic mass is 10.1. The van der Waals surface area contributed by atoms with Gasteiger partial charge in [-0.25, -0.2) is 4.68 Å². The van der Waals surface area contributed by atoms with Crippen LogP contribution in [0, 0.1) is 0 Å². The van der Waals surface area contributed by atoms with Gasteiger partial charge < -0.3 is 10.1 Å². The number of benzene rings is 2. The molecule has 1 heterocycles. The van der Waals surface area contributed by atoms with Crippen molar-refractivity contribution in [1.29, 1.82) is 0 Å². The van der Waals surface area contributed by atoms with E-state index in [0.717, 1.165) is 4.47 Å². The fraction of sp³-hybridized carbons (Fsp3) is 0.105. The average molecular weight is 449 g/mol. The van der Waals surface area contributed by atoms with Gasteiger partial charge in [0.05, 0.1) is 5.02 Å². The number of carbonyl (C=O) groups excluding carboxylic acids is 2. The van der Waals surface area contributed by atoms with Gasteiger partial charge in [-0.05, 0) is 55.5 Å². The first-order valence-electron chi connectivity index (χ1n) is 7.96. The predicted molar refractivity (Wildman–Crippen MR) is 106 cm³/mol. The Morgan fingerprint density at radius 3 is 2.59 bits per heavy atom. The van der Waals surface area contributed by atoms with Crippen LogP contribution >= 0.6 is 27.5 Å². The van der Waals surface area contributed by atoms with Gasteiger partial charge in [0.25, 0.3) is 5.91 Å². The van der Waals surface area contributed by atoms with Crippen LogP contribution in [0.1, 0.15) is 27.8 Å². The molecule has 138 valence electrons. The highest BCUT2D eigenvalue weighted by atomic mass is 79.9. The van der Waals surface area contributed by atoms with Crippen molar-refractivity contribution in [3.05, 3.63) is 75.5 Å². The minimum Gasteiger partial charge on any atom is -0.470 e. The molecule has 0 spiro atoms. The van der Waals surface area contributed by atoms with E-state index in [4.69, 9.17) is 16.3 Å². The lowest BCUT2D eigenvalue weighted by Crippen LogP contribution is -2.14. The van der Waals surface area contributed by atoms with Gasteiger partial charge >= 0.3 is 0 Å². The number of amides is 1. The Morgan fingerprint density at radius 1 is 1.19 bits per heavy atom. The maximum Gasteiger partial charge on any atom is 0.276 e. The molecule has 6 nitrogen and oxygen atoms in total. The molecular formula is C19H15BrClN3O3. The maximum absolute atomic E-state index is 12.3. The smallest absolute Gasteiger partial charge is 0.276 e. The van der Waals surface area contributed by atoms with Crippen molar-refractivity contribution in [2.24, 2.45) is 0 Å². The predicted octanol–water partition coefficient (Wildman–Crippen LogP) is 4.79. The molecule has 2 aromatic carbocycles. The summed E-state index contributed by atoms with van der Waals surface area (Å²) in [6.07, 6.45) is 1.64. The van der Waals surface area contributed by atoms with Crippen molar-refractivity contribution < 1.29 is 14.3 Å².